The molecule has 2 aliphatic rings. The normalized spacial score (nSPS) is 16.9. The van der Waals surface area contributed by atoms with E-state index in [1.807, 2.05) is 65.6 Å². The van der Waals surface area contributed by atoms with E-state index in [0.717, 1.165) is 34.0 Å². The van der Waals surface area contributed by atoms with E-state index in [1.54, 1.807) is 13.0 Å². The molecule has 0 saturated carbocycles. The number of nitrogens with zero attached hydrogens (tertiary/aromatic N) is 6. The van der Waals surface area contributed by atoms with Crippen LogP contribution < -0.4 is 15.4 Å². The molecular formula is C41H40F3N7O7. The van der Waals surface area contributed by atoms with Gasteiger partial charge in [-0.2, -0.15) is 28.2 Å². The van der Waals surface area contributed by atoms with Crippen LogP contribution in [0.2, 0.25) is 0 Å². The number of nitrogens with two attached hydrogens (primary N) is 1. The number of ether oxygens (including phenoxy) is 3. The summed E-state index contributed by atoms with van der Waals surface area (Å²) >= 11 is 0. The lowest BCUT2D eigenvalue weighted by Gasteiger charge is -2.39. The number of aryl methyl sites for hydroxylation is 1. The number of carbonyl (C=O) groups is 3. The van der Waals surface area contributed by atoms with Gasteiger partial charge in [0.1, 0.15) is 25.1 Å². The predicted molar refractivity (Wildman–Crippen MR) is 203 cm³/mol. The van der Waals surface area contributed by atoms with Gasteiger partial charge in [0.15, 0.2) is 0 Å². The number of aromatic nitrogens is 4. The molecule has 0 aliphatic carbocycles. The van der Waals surface area contributed by atoms with E-state index in [2.05, 4.69) is 15.1 Å². The monoisotopic (exact) mass is 799 g/mol. The topological polar surface area (TPSA) is 175 Å². The molecular weight excluding hydrogens is 759 g/mol. The van der Waals surface area contributed by atoms with E-state index in [0.29, 0.717) is 38.0 Å². The van der Waals surface area contributed by atoms with Crippen LogP contribution in [0.3, 0.4) is 0 Å². The zero-order chi connectivity index (χ0) is 41.0. The maximum Gasteiger partial charge on any atom is 0.429 e. The van der Waals surface area contributed by atoms with Gasteiger partial charge in [0.2, 0.25) is 17.9 Å². The van der Waals surface area contributed by atoms with Crippen molar-refractivity contribution in [3.05, 3.63) is 125 Å². The summed E-state index contributed by atoms with van der Waals surface area (Å²) in [5.41, 5.74) is 6.84. The van der Waals surface area contributed by atoms with Crippen molar-refractivity contribution in [2.45, 2.75) is 57.7 Å². The fourth-order valence-electron chi connectivity index (χ4n) is 7.38. The van der Waals surface area contributed by atoms with Crippen molar-refractivity contribution in [2.24, 2.45) is 5.41 Å². The van der Waals surface area contributed by atoms with Crippen LogP contribution in [-0.2, 0) is 27.5 Å². The quantitative estimate of drug-likeness (QED) is 0.136. The van der Waals surface area contributed by atoms with Crippen molar-refractivity contribution in [1.29, 1.82) is 0 Å². The molecule has 4 heterocycles. The van der Waals surface area contributed by atoms with Crippen molar-refractivity contribution < 1.29 is 46.9 Å². The molecule has 2 saturated heterocycles. The number of carbonyl (C=O) groups excluding carboxylic acids is 2. The van der Waals surface area contributed by atoms with Gasteiger partial charge in [0, 0.05) is 37.5 Å². The second-order valence-electron chi connectivity index (χ2n) is 14.4. The fourth-order valence-corrected chi connectivity index (χ4v) is 7.38. The SMILES string of the molecule is Cc1ccn(-c2cc(C(=O)O)ccc2[C@@H](Oc2cc(N3CCC4(CC3)C[C@@H](C(=O)OCc3ccccc3)N(C(=O)OCc3ccccc3)C4)nc(N)n2)C(F)(F)F)n1. The van der Waals surface area contributed by atoms with Gasteiger partial charge < -0.3 is 30.0 Å². The van der Waals surface area contributed by atoms with Crippen LogP contribution in [0.25, 0.3) is 5.69 Å². The summed E-state index contributed by atoms with van der Waals surface area (Å²) in [7, 11) is 0. The molecule has 17 heteroatoms. The molecule has 2 aliphatic heterocycles. The molecule has 0 radical (unpaired) electrons. The molecule has 3 N–H and O–H groups in total. The molecule has 3 aromatic carbocycles. The number of hydrogen-bond acceptors (Lipinski definition) is 11. The van der Waals surface area contributed by atoms with Crippen LogP contribution in [0.15, 0.2) is 97.2 Å². The van der Waals surface area contributed by atoms with Crippen molar-refractivity contribution in [1.82, 2.24) is 24.6 Å². The maximum absolute atomic E-state index is 14.8. The van der Waals surface area contributed by atoms with Gasteiger partial charge in [-0.25, -0.2) is 19.1 Å². The predicted octanol–water partition coefficient (Wildman–Crippen LogP) is 6.67. The first-order chi connectivity index (χ1) is 27.8. The van der Waals surface area contributed by atoms with Crippen LogP contribution in [0, 0.1) is 12.3 Å². The number of hydrogen-bond donors (Lipinski definition) is 2. The third-order valence-corrected chi connectivity index (χ3v) is 10.4. The van der Waals surface area contributed by atoms with Gasteiger partial charge in [-0.3, -0.25) is 4.90 Å². The number of aromatic carboxylic acids is 1. The number of alkyl halides is 3. The number of halogens is 3. The summed E-state index contributed by atoms with van der Waals surface area (Å²) in [6.07, 6.45) is -5.48. The third-order valence-electron chi connectivity index (χ3n) is 10.4. The Labute approximate surface area is 331 Å². The molecule has 302 valence electrons. The molecule has 2 fully saturated rings. The molecule has 14 nitrogen and oxygen atoms in total. The molecule has 1 amide bonds. The highest BCUT2D eigenvalue weighted by Gasteiger charge is 2.51. The average molecular weight is 800 g/mol. The van der Waals surface area contributed by atoms with Crippen LogP contribution in [0.4, 0.5) is 29.7 Å². The summed E-state index contributed by atoms with van der Waals surface area (Å²) in [4.78, 5) is 50.4. The van der Waals surface area contributed by atoms with Gasteiger partial charge in [-0.05, 0) is 60.9 Å². The van der Waals surface area contributed by atoms with E-state index < -0.39 is 53.2 Å². The van der Waals surface area contributed by atoms with Crippen molar-refractivity contribution in [2.75, 3.05) is 30.3 Å². The van der Waals surface area contributed by atoms with Crippen molar-refractivity contribution in [3.63, 3.8) is 0 Å². The molecule has 7 rings (SSSR count). The summed E-state index contributed by atoms with van der Waals surface area (Å²) < 4.78 is 62.4. The maximum atomic E-state index is 14.8. The zero-order valence-corrected chi connectivity index (χ0v) is 31.3. The molecule has 1 spiro atoms. The lowest BCUT2D eigenvalue weighted by atomic mass is 9.76. The smallest absolute Gasteiger partial charge is 0.429 e. The molecule has 58 heavy (non-hydrogen) atoms. The van der Waals surface area contributed by atoms with Gasteiger partial charge in [-0.1, -0.05) is 66.7 Å². The fraction of sp³-hybridized carbons (Fsp3) is 0.317. The van der Waals surface area contributed by atoms with Gasteiger partial charge in [-0.15, -0.1) is 0 Å². The standard InChI is InChI=1S/C41H40F3N7O7/c1-26-14-17-51(48-26)31-20-29(36(52)53)12-13-30(31)35(41(42,43)44)58-34-21-33(46-38(45)47-34)49-18-15-40(16-19-49)22-32(37(54)56-23-27-8-4-2-5-9-27)50(25-40)39(55)57-24-28-10-6-3-7-11-28/h2-14,17,20-21,32,35H,15-16,18-19,22-25H2,1H3,(H,52,53)(H2,45,46,47)/t32-,35+/m0/s1. The zero-order valence-electron chi connectivity index (χ0n) is 31.3. The molecule has 2 aromatic heterocycles. The number of likely N-dealkylation sites (tertiary alicyclic amines) is 1. The van der Waals surface area contributed by atoms with E-state index in [4.69, 9.17) is 19.9 Å². The van der Waals surface area contributed by atoms with E-state index in [1.165, 1.54) is 17.2 Å². The highest BCUT2D eigenvalue weighted by molar-refractivity contribution is 5.88. The minimum atomic E-state index is -4.98. The molecule has 5 aromatic rings. The van der Waals surface area contributed by atoms with Crippen LogP contribution in [-0.4, -0.2) is 79.6 Å². The van der Waals surface area contributed by atoms with Crippen molar-refractivity contribution in [3.8, 4) is 11.6 Å². The largest absolute Gasteiger partial charge is 0.478 e. The number of nitrogen functional groups attached to an aromatic ring is 1. The number of anilines is 2. The second kappa shape index (κ2) is 16.4. The van der Waals surface area contributed by atoms with Crippen LogP contribution in [0.5, 0.6) is 5.88 Å². The summed E-state index contributed by atoms with van der Waals surface area (Å²) in [5.74, 6) is -2.44. The lowest BCUT2D eigenvalue weighted by molar-refractivity contribution is -0.198. The Morgan fingerprint density at radius 1 is 0.914 bits per heavy atom. The summed E-state index contributed by atoms with van der Waals surface area (Å²) in [5, 5.41) is 13.8. The summed E-state index contributed by atoms with van der Waals surface area (Å²) in [6, 6.07) is 23.5. The molecule has 2 atom stereocenters. The Kier molecular flexibility index (Phi) is 11.2. The van der Waals surface area contributed by atoms with E-state index in [9.17, 15) is 32.7 Å². The first-order valence-electron chi connectivity index (χ1n) is 18.5. The van der Waals surface area contributed by atoms with E-state index >= 15 is 0 Å². The van der Waals surface area contributed by atoms with Gasteiger partial charge in [0.05, 0.1) is 16.9 Å². The number of amides is 1. The highest BCUT2D eigenvalue weighted by Crippen LogP contribution is 2.45. The van der Waals surface area contributed by atoms with Crippen LogP contribution in [0.1, 0.15) is 58.1 Å². The Bertz CT molecular complexity index is 2200. The van der Waals surface area contributed by atoms with E-state index in [-0.39, 0.29) is 42.8 Å². The Morgan fingerprint density at radius 2 is 1.57 bits per heavy atom. The second-order valence-corrected chi connectivity index (χ2v) is 14.4. The number of rotatable bonds is 11. The highest BCUT2D eigenvalue weighted by atomic mass is 19.4. The molecule has 0 bridgehead atoms. The summed E-state index contributed by atoms with van der Waals surface area (Å²) in [6.45, 7) is 2.65. The number of carboxylic acids is 1. The first kappa shape index (κ1) is 39.6. The Balaban J connectivity index is 1.09. The number of benzene rings is 3. The van der Waals surface area contributed by atoms with Gasteiger partial charge >= 0.3 is 24.2 Å². The molecule has 0 unspecified atom stereocenters. The van der Waals surface area contributed by atoms with Crippen molar-refractivity contribution >= 4 is 29.8 Å². The first-order valence-corrected chi connectivity index (χ1v) is 18.5. The third kappa shape index (κ3) is 8.98. The minimum Gasteiger partial charge on any atom is -0.478 e. The number of piperidine rings is 1. The average Bonchev–Trinajstić information content (AvgIpc) is 3.82. The van der Waals surface area contributed by atoms with Crippen LogP contribution >= 0.6 is 0 Å². The van der Waals surface area contributed by atoms with Gasteiger partial charge in [0.25, 0.3) is 0 Å². The minimum absolute atomic E-state index is 0.0232. The Morgan fingerprint density at radius 3 is 2.17 bits per heavy atom. The lowest BCUT2D eigenvalue weighted by Crippen LogP contribution is -2.43. The number of carboxylic acid groups (broad SMARTS) is 1. The Hall–Kier alpha value is -6.65. The number of esters is 1.